The van der Waals surface area contributed by atoms with Crippen LogP contribution in [0.3, 0.4) is 0 Å². The molecule has 124 valence electrons. The van der Waals surface area contributed by atoms with Crippen LogP contribution in [0.5, 0.6) is 5.75 Å². The molecule has 0 radical (unpaired) electrons. The van der Waals surface area contributed by atoms with Crippen LogP contribution in [0.1, 0.15) is 5.56 Å². The predicted octanol–water partition coefficient (Wildman–Crippen LogP) is 4.78. The molecular formula is C19H13BrFN3O. The summed E-state index contributed by atoms with van der Waals surface area (Å²) in [5.41, 5.74) is 8.97. The van der Waals surface area contributed by atoms with E-state index in [4.69, 9.17) is 10.5 Å². The van der Waals surface area contributed by atoms with Gasteiger partial charge < -0.3 is 10.5 Å². The van der Waals surface area contributed by atoms with E-state index in [1.165, 1.54) is 6.07 Å². The Hall–Kier alpha value is -2.91. The number of benzene rings is 2. The van der Waals surface area contributed by atoms with Crippen LogP contribution < -0.4 is 10.5 Å². The van der Waals surface area contributed by atoms with Gasteiger partial charge in [-0.05, 0) is 64.0 Å². The normalized spacial score (nSPS) is 10.3. The average molecular weight is 398 g/mol. The third-order valence-corrected chi connectivity index (χ3v) is 4.38. The van der Waals surface area contributed by atoms with E-state index < -0.39 is 0 Å². The molecule has 0 bridgehead atoms. The number of methoxy groups -OCH3 is 1. The van der Waals surface area contributed by atoms with Crippen molar-refractivity contribution in [2.24, 2.45) is 0 Å². The van der Waals surface area contributed by atoms with Gasteiger partial charge >= 0.3 is 0 Å². The summed E-state index contributed by atoms with van der Waals surface area (Å²) in [5, 5.41) is 9.44. The highest BCUT2D eigenvalue weighted by Gasteiger charge is 2.14. The van der Waals surface area contributed by atoms with Crippen molar-refractivity contribution in [1.82, 2.24) is 4.98 Å². The Morgan fingerprint density at radius 1 is 1.12 bits per heavy atom. The van der Waals surface area contributed by atoms with E-state index in [1.807, 2.05) is 24.3 Å². The number of ether oxygens (including phenoxy) is 1. The molecule has 1 heterocycles. The molecule has 0 saturated heterocycles. The van der Waals surface area contributed by atoms with Crippen molar-refractivity contribution in [1.29, 1.82) is 5.26 Å². The first-order valence-corrected chi connectivity index (χ1v) is 8.13. The second kappa shape index (κ2) is 6.91. The summed E-state index contributed by atoms with van der Waals surface area (Å²) < 4.78 is 19.0. The molecule has 2 N–H and O–H groups in total. The molecular weight excluding hydrogens is 385 g/mol. The molecule has 0 spiro atoms. The number of nitriles is 1. The largest absolute Gasteiger partial charge is 0.497 e. The molecule has 0 saturated carbocycles. The quantitative estimate of drug-likeness (QED) is 0.689. The number of nitrogens with zero attached hydrogens (tertiary/aromatic N) is 2. The molecule has 4 nitrogen and oxygen atoms in total. The average Bonchev–Trinajstić information content (AvgIpc) is 2.63. The first-order valence-electron chi connectivity index (χ1n) is 7.34. The lowest BCUT2D eigenvalue weighted by Gasteiger charge is -2.11. The van der Waals surface area contributed by atoms with E-state index in [1.54, 1.807) is 25.3 Å². The van der Waals surface area contributed by atoms with Crippen molar-refractivity contribution >= 4 is 21.7 Å². The Bertz CT molecular complexity index is 981. The van der Waals surface area contributed by atoms with Gasteiger partial charge in [0.15, 0.2) is 0 Å². The Kier molecular flexibility index (Phi) is 4.68. The van der Waals surface area contributed by atoms with Gasteiger partial charge in [-0.2, -0.15) is 5.26 Å². The molecule has 0 aliphatic rings. The second-order valence-electron chi connectivity index (χ2n) is 5.28. The number of aromatic nitrogens is 1. The van der Waals surface area contributed by atoms with Gasteiger partial charge in [0.2, 0.25) is 0 Å². The standard InChI is InChI=1S/C19H13BrFN3O/c1-25-13-5-2-11(3-6-13)18-9-14(15(10-22)19(23)24-18)12-4-7-17(21)16(20)8-12/h2-9H,1H3,(H2,23,24). The zero-order valence-electron chi connectivity index (χ0n) is 13.3. The van der Waals surface area contributed by atoms with E-state index in [2.05, 4.69) is 27.0 Å². The van der Waals surface area contributed by atoms with Crippen molar-refractivity contribution in [3.8, 4) is 34.2 Å². The topological polar surface area (TPSA) is 71.9 Å². The molecule has 1 aromatic heterocycles. The third-order valence-electron chi connectivity index (χ3n) is 3.78. The second-order valence-corrected chi connectivity index (χ2v) is 6.14. The molecule has 2 aromatic carbocycles. The van der Waals surface area contributed by atoms with Crippen molar-refractivity contribution < 1.29 is 9.13 Å². The van der Waals surface area contributed by atoms with Crippen LogP contribution in [0, 0.1) is 17.1 Å². The van der Waals surface area contributed by atoms with Crippen molar-refractivity contribution in [3.63, 3.8) is 0 Å². The van der Waals surface area contributed by atoms with E-state index in [-0.39, 0.29) is 17.2 Å². The SMILES string of the molecule is COc1ccc(-c2cc(-c3ccc(F)c(Br)c3)c(C#N)c(N)n2)cc1. The molecule has 0 aliphatic heterocycles. The summed E-state index contributed by atoms with van der Waals surface area (Å²) in [5.74, 6) is 0.485. The summed E-state index contributed by atoms with van der Waals surface area (Å²) in [6.07, 6.45) is 0. The molecule has 3 rings (SSSR count). The Balaban J connectivity index is 2.18. The number of rotatable bonds is 3. The Labute approximate surface area is 152 Å². The van der Waals surface area contributed by atoms with Crippen LogP contribution in [0.15, 0.2) is 53.0 Å². The molecule has 0 aliphatic carbocycles. The van der Waals surface area contributed by atoms with Gasteiger partial charge in [0, 0.05) is 11.1 Å². The molecule has 0 atom stereocenters. The van der Waals surface area contributed by atoms with Crippen LogP contribution in [0.2, 0.25) is 0 Å². The van der Waals surface area contributed by atoms with Gasteiger partial charge in [0.25, 0.3) is 0 Å². The molecule has 0 fully saturated rings. The lowest BCUT2D eigenvalue weighted by Crippen LogP contribution is -2.00. The van der Waals surface area contributed by atoms with Gasteiger partial charge in [-0.25, -0.2) is 9.37 Å². The van der Waals surface area contributed by atoms with Crippen LogP contribution in [0.25, 0.3) is 22.4 Å². The van der Waals surface area contributed by atoms with Crippen molar-refractivity contribution in [2.75, 3.05) is 12.8 Å². The number of halogens is 2. The highest BCUT2D eigenvalue weighted by Crippen LogP contribution is 2.33. The fraction of sp³-hybridized carbons (Fsp3) is 0.0526. The van der Waals surface area contributed by atoms with Crippen LogP contribution >= 0.6 is 15.9 Å². The van der Waals surface area contributed by atoms with Crippen LogP contribution in [-0.2, 0) is 0 Å². The maximum absolute atomic E-state index is 13.5. The Morgan fingerprint density at radius 2 is 1.80 bits per heavy atom. The first-order chi connectivity index (χ1) is 12.0. The summed E-state index contributed by atoms with van der Waals surface area (Å²) >= 11 is 3.17. The van der Waals surface area contributed by atoms with Crippen LogP contribution in [-0.4, -0.2) is 12.1 Å². The minimum atomic E-state index is -0.375. The maximum Gasteiger partial charge on any atom is 0.142 e. The minimum Gasteiger partial charge on any atom is -0.497 e. The number of hydrogen-bond acceptors (Lipinski definition) is 4. The molecule has 0 unspecified atom stereocenters. The zero-order valence-corrected chi connectivity index (χ0v) is 14.8. The number of nitrogen functional groups attached to an aromatic ring is 1. The highest BCUT2D eigenvalue weighted by molar-refractivity contribution is 9.10. The van der Waals surface area contributed by atoms with Crippen LogP contribution in [0.4, 0.5) is 10.2 Å². The van der Waals surface area contributed by atoms with Gasteiger partial charge in [0.1, 0.15) is 29.0 Å². The predicted molar refractivity (Wildman–Crippen MR) is 98.4 cm³/mol. The van der Waals surface area contributed by atoms with E-state index in [0.29, 0.717) is 21.3 Å². The lowest BCUT2D eigenvalue weighted by molar-refractivity contribution is 0.415. The minimum absolute atomic E-state index is 0.131. The first kappa shape index (κ1) is 16.9. The molecule has 3 aromatic rings. The van der Waals surface area contributed by atoms with Gasteiger partial charge in [-0.1, -0.05) is 6.07 Å². The van der Waals surface area contributed by atoms with Crippen molar-refractivity contribution in [3.05, 3.63) is 64.4 Å². The van der Waals surface area contributed by atoms with Gasteiger partial charge in [-0.15, -0.1) is 0 Å². The summed E-state index contributed by atoms with van der Waals surface area (Å²) in [4.78, 5) is 4.32. The molecule has 25 heavy (non-hydrogen) atoms. The molecule has 6 heteroatoms. The fourth-order valence-corrected chi connectivity index (χ4v) is 2.86. The zero-order chi connectivity index (χ0) is 18.0. The van der Waals surface area contributed by atoms with E-state index in [9.17, 15) is 9.65 Å². The van der Waals surface area contributed by atoms with Gasteiger partial charge in [-0.3, -0.25) is 0 Å². The third kappa shape index (κ3) is 3.32. The smallest absolute Gasteiger partial charge is 0.142 e. The van der Waals surface area contributed by atoms with Gasteiger partial charge in [0.05, 0.1) is 17.3 Å². The maximum atomic E-state index is 13.5. The van der Waals surface area contributed by atoms with E-state index in [0.717, 1.165) is 11.3 Å². The fourth-order valence-electron chi connectivity index (χ4n) is 2.48. The molecule has 0 amide bonds. The lowest BCUT2D eigenvalue weighted by atomic mass is 9.98. The summed E-state index contributed by atoms with van der Waals surface area (Å²) in [7, 11) is 1.59. The number of nitrogens with two attached hydrogens (primary N) is 1. The summed E-state index contributed by atoms with van der Waals surface area (Å²) in [6, 6.07) is 15.8. The number of hydrogen-bond donors (Lipinski definition) is 1. The van der Waals surface area contributed by atoms with Crippen molar-refractivity contribution in [2.45, 2.75) is 0 Å². The number of pyridine rings is 1. The number of anilines is 1. The summed E-state index contributed by atoms with van der Waals surface area (Å²) in [6.45, 7) is 0. The Morgan fingerprint density at radius 3 is 2.40 bits per heavy atom. The van der Waals surface area contributed by atoms with E-state index >= 15 is 0 Å². The monoisotopic (exact) mass is 397 g/mol. The highest BCUT2D eigenvalue weighted by atomic mass is 79.9.